The fourth-order valence-corrected chi connectivity index (χ4v) is 5.20. The Morgan fingerprint density at radius 3 is 2.50 bits per heavy atom. The summed E-state index contributed by atoms with van der Waals surface area (Å²) in [5.41, 5.74) is 2.95. The maximum atomic E-state index is 12.5. The van der Waals surface area contributed by atoms with Gasteiger partial charge in [-0.25, -0.2) is 4.79 Å². The second-order valence-electron chi connectivity index (χ2n) is 8.84. The van der Waals surface area contributed by atoms with Crippen LogP contribution in [0.2, 0.25) is 0 Å². The van der Waals surface area contributed by atoms with Crippen LogP contribution in [-0.4, -0.2) is 25.6 Å². The molecular formula is C24H31NO4S. The van der Waals surface area contributed by atoms with Gasteiger partial charge in [-0.1, -0.05) is 39.8 Å². The van der Waals surface area contributed by atoms with Gasteiger partial charge in [-0.2, -0.15) is 0 Å². The summed E-state index contributed by atoms with van der Waals surface area (Å²) in [6, 6.07) is 7.70. The molecule has 0 saturated carbocycles. The van der Waals surface area contributed by atoms with Crippen LogP contribution >= 0.6 is 11.3 Å². The normalized spacial score (nSPS) is 16.0. The van der Waals surface area contributed by atoms with Crippen LogP contribution < -0.4 is 10.1 Å². The van der Waals surface area contributed by atoms with E-state index in [1.54, 1.807) is 0 Å². The molecular weight excluding hydrogens is 398 g/mol. The van der Waals surface area contributed by atoms with Crippen LogP contribution in [0.1, 0.15) is 60.5 Å². The minimum atomic E-state index is -0.395. The molecule has 0 bridgehead atoms. The zero-order valence-electron chi connectivity index (χ0n) is 18.5. The first-order valence-electron chi connectivity index (χ1n) is 10.5. The van der Waals surface area contributed by atoms with E-state index in [2.05, 4.69) is 33.0 Å². The minimum absolute atomic E-state index is 0.112. The molecule has 3 rings (SSSR count). The number of thiophene rings is 1. The van der Waals surface area contributed by atoms with Crippen LogP contribution in [0, 0.1) is 11.3 Å². The summed E-state index contributed by atoms with van der Waals surface area (Å²) in [6.07, 6.45) is 3.73. The average molecular weight is 430 g/mol. The van der Waals surface area contributed by atoms with E-state index in [-0.39, 0.29) is 17.9 Å². The molecule has 1 aromatic heterocycles. The van der Waals surface area contributed by atoms with E-state index in [9.17, 15) is 9.59 Å². The topological polar surface area (TPSA) is 64.6 Å². The van der Waals surface area contributed by atoms with Crippen molar-refractivity contribution in [3.63, 3.8) is 0 Å². The molecule has 0 saturated heterocycles. The van der Waals surface area contributed by atoms with Crippen molar-refractivity contribution in [1.82, 2.24) is 0 Å². The number of esters is 1. The van der Waals surface area contributed by atoms with Crippen molar-refractivity contribution in [3.05, 3.63) is 45.8 Å². The number of aryl methyl sites for hydroxylation is 1. The highest BCUT2D eigenvalue weighted by Crippen LogP contribution is 2.44. The molecule has 5 nitrogen and oxygen atoms in total. The second kappa shape index (κ2) is 9.21. The van der Waals surface area contributed by atoms with Crippen LogP contribution in [0.15, 0.2) is 24.3 Å². The molecule has 30 heavy (non-hydrogen) atoms. The SMILES string of the molecule is CCc1ccc(OCC(=O)Nc2sc3c(c2C(=O)OC)CCC(C(C)(C)C)C3)cc1. The molecule has 0 radical (unpaired) electrons. The van der Waals surface area contributed by atoms with E-state index < -0.39 is 5.97 Å². The predicted octanol–water partition coefficient (Wildman–Crippen LogP) is 5.27. The summed E-state index contributed by atoms with van der Waals surface area (Å²) >= 11 is 1.49. The molecule has 1 aliphatic rings. The van der Waals surface area contributed by atoms with Crippen molar-refractivity contribution in [3.8, 4) is 5.75 Å². The van der Waals surface area contributed by atoms with Crippen molar-refractivity contribution in [2.45, 2.75) is 53.4 Å². The lowest BCUT2D eigenvalue weighted by Crippen LogP contribution is -2.26. The molecule has 2 aromatic rings. The van der Waals surface area contributed by atoms with Gasteiger partial charge in [-0.3, -0.25) is 4.79 Å². The summed E-state index contributed by atoms with van der Waals surface area (Å²) in [6.45, 7) is 8.74. The highest BCUT2D eigenvalue weighted by atomic mass is 32.1. The van der Waals surface area contributed by atoms with Gasteiger partial charge in [0.15, 0.2) is 6.61 Å². The molecule has 162 valence electrons. The number of rotatable bonds is 6. The third-order valence-electron chi connectivity index (χ3n) is 5.83. The molecule has 1 amide bonds. The fraction of sp³-hybridized carbons (Fsp3) is 0.500. The number of anilines is 1. The van der Waals surface area contributed by atoms with Gasteiger partial charge in [0.05, 0.1) is 12.7 Å². The van der Waals surface area contributed by atoms with Crippen molar-refractivity contribution in [2.24, 2.45) is 11.3 Å². The molecule has 1 unspecified atom stereocenters. The van der Waals surface area contributed by atoms with E-state index in [0.717, 1.165) is 31.2 Å². The van der Waals surface area contributed by atoms with Crippen LogP contribution in [-0.2, 0) is 28.8 Å². The first-order chi connectivity index (χ1) is 14.2. The van der Waals surface area contributed by atoms with Crippen molar-refractivity contribution < 1.29 is 19.1 Å². The minimum Gasteiger partial charge on any atom is -0.484 e. The number of methoxy groups -OCH3 is 1. The van der Waals surface area contributed by atoms with Crippen LogP contribution in [0.3, 0.4) is 0 Å². The van der Waals surface area contributed by atoms with Gasteiger partial charge in [0, 0.05) is 4.88 Å². The number of carbonyl (C=O) groups excluding carboxylic acids is 2. The lowest BCUT2D eigenvalue weighted by Gasteiger charge is -2.33. The summed E-state index contributed by atoms with van der Waals surface area (Å²) in [5.74, 6) is 0.514. The molecule has 1 heterocycles. The Kier molecular flexibility index (Phi) is 6.86. The smallest absolute Gasteiger partial charge is 0.341 e. The van der Waals surface area contributed by atoms with E-state index >= 15 is 0 Å². The molecule has 1 atom stereocenters. The fourth-order valence-electron chi connectivity index (χ4n) is 3.86. The summed E-state index contributed by atoms with van der Waals surface area (Å²) in [5, 5.41) is 3.45. The third kappa shape index (κ3) is 5.04. The summed E-state index contributed by atoms with van der Waals surface area (Å²) in [4.78, 5) is 26.2. The number of amides is 1. The maximum absolute atomic E-state index is 12.5. The average Bonchev–Trinajstić information content (AvgIpc) is 3.08. The van der Waals surface area contributed by atoms with Gasteiger partial charge in [-0.15, -0.1) is 11.3 Å². The predicted molar refractivity (Wildman–Crippen MR) is 121 cm³/mol. The summed E-state index contributed by atoms with van der Waals surface area (Å²) < 4.78 is 10.6. The van der Waals surface area contributed by atoms with Crippen LogP contribution in [0.4, 0.5) is 5.00 Å². The Balaban J connectivity index is 1.73. The third-order valence-corrected chi connectivity index (χ3v) is 7.00. The zero-order chi connectivity index (χ0) is 21.9. The van der Waals surface area contributed by atoms with E-state index in [1.807, 2.05) is 24.3 Å². The molecule has 1 aromatic carbocycles. The monoisotopic (exact) mass is 429 g/mol. The number of hydrogen-bond donors (Lipinski definition) is 1. The van der Waals surface area contributed by atoms with Crippen molar-refractivity contribution >= 4 is 28.2 Å². The van der Waals surface area contributed by atoms with Gasteiger partial charge >= 0.3 is 5.97 Å². The van der Waals surface area contributed by atoms with Gasteiger partial charge in [0.2, 0.25) is 0 Å². The van der Waals surface area contributed by atoms with Gasteiger partial charge < -0.3 is 14.8 Å². The summed E-state index contributed by atoms with van der Waals surface area (Å²) in [7, 11) is 1.38. The molecule has 0 spiro atoms. The standard InChI is InChI=1S/C24H31NO4S/c1-6-15-7-10-17(11-8-15)29-14-20(26)25-22-21(23(27)28-5)18-12-9-16(24(2,3)4)13-19(18)30-22/h7-8,10-11,16H,6,9,12-14H2,1-5H3,(H,25,26). The van der Waals surface area contributed by atoms with Crippen molar-refractivity contribution in [1.29, 1.82) is 0 Å². The van der Waals surface area contributed by atoms with E-state index in [0.29, 0.717) is 22.2 Å². The lowest BCUT2D eigenvalue weighted by atomic mass is 9.72. The Bertz CT molecular complexity index is 909. The Morgan fingerprint density at radius 1 is 1.20 bits per heavy atom. The van der Waals surface area contributed by atoms with E-state index in [1.165, 1.54) is 28.9 Å². The number of benzene rings is 1. The molecule has 6 heteroatoms. The molecule has 0 fully saturated rings. The largest absolute Gasteiger partial charge is 0.484 e. The Morgan fingerprint density at radius 2 is 1.90 bits per heavy atom. The van der Waals surface area contributed by atoms with Gasteiger partial charge in [0.1, 0.15) is 10.8 Å². The van der Waals surface area contributed by atoms with Crippen LogP contribution in [0.25, 0.3) is 0 Å². The number of carbonyl (C=O) groups is 2. The first kappa shape index (κ1) is 22.3. The molecule has 1 aliphatic carbocycles. The quantitative estimate of drug-likeness (QED) is 0.636. The van der Waals surface area contributed by atoms with Gasteiger partial charge in [0.25, 0.3) is 5.91 Å². The zero-order valence-corrected chi connectivity index (χ0v) is 19.3. The number of nitrogens with one attached hydrogen (secondary N) is 1. The number of fused-ring (bicyclic) bond motifs is 1. The highest BCUT2D eigenvalue weighted by molar-refractivity contribution is 7.17. The van der Waals surface area contributed by atoms with Crippen LogP contribution in [0.5, 0.6) is 5.75 Å². The maximum Gasteiger partial charge on any atom is 0.341 e. The van der Waals surface area contributed by atoms with Gasteiger partial charge in [-0.05, 0) is 60.3 Å². The first-order valence-corrected chi connectivity index (χ1v) is 11.3. The van der Waals surface area contributed by atoms with Crippen molar-refractivity contribution in [2.75, 3.05) is 19.0 Å². The second-order valence-corrected chi connectivity index (χ2v) is 9.94. The highest BCUT2D eigenvalue weighted by Gasteiger charge is 2.34. The molecule has 1 N–H and O–H groups in total. The Labute approximate surface area is 182 Å². The number of hydrogen-bond acceptors (Lipinski definition) is 5. The lowest BCUT2D eigenvalue weighted by molar-refractivity contribution is -0.118. The number of ether oxygens (including phenoxy) is 2. The molecule has 0 aliphatic heterocycles. The van der Waals surface area contributed by atoms with E-state index in [4.69, 9.17) is 9.47 Å². The Hall–Kier alpha value is -2.34.